The fourth-order valence-corrected chi connectivity index (χ4v) is 2.88. The molecule has 0 atom stereocenters. The molecule has 0 aliphatic rings. The zero-order valence-electron chi connectivity index (χ0n) is 13.6. The van der Waals surface area contributed by atoms with Gasteiger partial charge in [0, 0.05) is 11.9 Å². The second-order valence-corrected chi connectivity index (χ2v) is 5.60. The van der Waals surface area contributed by atoms with Crippen molar-refractivity contribution >= 4 is 0 Å². The standard InChI is InChI=1S/C16H27N5/c1-5-15(6-2)20-10-8-14(19-20)11-21-13(4)16(7-9-17)12(3)18-21/h8,10,15H,5-7,9,11,17H2,1-4H3. The summed E-state index contributed by atoms with van der Waals surface area (Å²) in [4.78, 5) is 0. The van der Waals surface area contributed by atoms with Gasteiger partial charge >= 0.3 is 0 Å². The summed E-state index contributed by atoms with van der Waals surface area (Å²) in [7, 11) is 0. The molecule has 0 aliphatic carbocycles. The Kier molecular flexibility index (Phi) is 5.17. The molecule has 0 aliphatic heterocycles. The number of rotatable bonds is 7. The summed E-state index contributed by atoms with van der Waals surface area (Å²) in [6.45, 7) is 9.96. The Labute approximate surface area is 127 Å². The molecular formula is C16H27N5. The lowest BCUT2D eigenvalue weighted by molar-refractivity contribution is 0.423. The first-order chi connectivity index (χ1) is 10.1. The second kappa shape index (κ2) is 6.89. The Morgan fingerprint density at radius 1 is 1.19 bits per heavy atom. The smallest absolute Gasteiger partial charge is 0.0853 e. The Morgan fingerprint density at radius 3 is 2.52 bits per heavy atom. The lowest BCUT2D eigenvalue weighted by Crippen LogP contribution is -2.10. The van der Waals surface area contributed by atoms with Crippen LogP contribution in [0.2, 0.25) is 0 Å². The van der Waals surface area contributed by atoms with Crippen LogP contribution in [0.25, 0.3) is 0 Å². The molecule has 2 heterocycles. The molecule has 116 valence electrons. The minimum atomic E-state index is 0.493. The van der Waals surface area contributed by atoms with Crippen LogP contribution in [0.3, 0.4) is 0 Å². The minimum absolute atomic E-state index is 0.493. The molecule has 0 saturated carbocycles. The third kappa shape index (κ3) is 3.35. The Hall–Kier alpha value is -1.62. The highest BCUT2D eigenvalue weighted by Crippen LogP contribution is 2.17. The lowest BCUT2D eigenvalue weighted by atomic mass is 10.1. The van der Waals surface area contributed by atoms with Gasteiger partial charge in [0.15, 0.2) is 0 Å². The molecule has 5 heteroatoms. The van der Waals surface area contributed by atoms with E-state index < -0.39 is 0 Å². The summed E-state index contributed by atoms with van der Waals surface area (Å²) in [6.07, 6.45) is 5.19. The first-order valence-electron chi connectivity index (χ1n) is 7.87. The van der Waals surface area contributed by atoms with E-state index >= 15 is 0 Å². The van der Waals surface area contributed by atoms with E-state index in [2.05, 4.69) is 49.7 Å². The number of nitrogens with zero attached hydrogens (tertiary/aromatic N) is 4. The molecule has 2 N–H and O–H groups in total. The van der Waals surface area contributed by atoms with Gasteiger partial charge in [0.2, 0.25) is 0 Å². The van der Waals surface area contributed by atoms with Gasteiger partial charge in [-0.2, -0.15) is 10.2 Å². The highest BCUT2D eigenvalue weighted by Gasteiger charge is 2.13. The highest BCUT2D eigenvalue weighted by molar-refractivity contribution is 5.25. The van der Waals surface area contributed by atoms with E-state index in [0.29, 0.717) is 12.6 Å². The monoisotopic (exact) mass is 289 g/mol. The topological polar surface area (TPSA) is 61.7 Å². The largest absolute Gasteiger partial charge is 0.330 e. The van der Waals surface area contributed by atoms with E-state index in [-0.39, 0.29) is 0 Å². The number of nitrogens with two attached hydrogens (primary N) is 1. The quantitative estimate of drug-likeness (QED) is 0.852. The van der Waals surface area contributed by atoms with Crippen LogP contribution in [0.4, 0.5) is 0 Å². The van der Waals surface area contributed by atoms with Gasteiger partial charge in [-0.25, -0.2) is 0 Å². The third-order valence-electron chi connectivity index (χ3n) is 4.22. The van der Waals surface area contributed by atoms with Crippen LogP contribution in [0.15, 0.2) is 12.3 Å². The maximum Gasteiger partial charge on any atom is 0.0853 e. The molecular weight excluding hydrogens is 262 g/mol. The first-order valence-corrected chi connectivity index (χ1v) is 7.87. The third-order valence-corrected chi connectivity index (χ3v) is 4.22. The van der Waals surface area contributed by atoms with Crippen molar-refractivity contribution < 1.29 is 0 Å². The van der Waals surface area contributed by atoms with Crippen molar-refractivity contribution in [3.63, 3.8) is 0 Å². The minimum Gasteiger partial charge on any atom is -0.330 e. The maximum atomic E-state index is 5.67. The number of aromatic nitrogens is 4. The molecule has 0 spiro atoms. The van der Waals surface area contributed by atoms with Crippen molar-refractivity contribution in [1.82, 2.24) is 19.6 Å². The van der Waals surface area contributed by atoms with Gasteiger partial charge in [-0.3, -0.25) is 9.36 Å². The molecule has 5 nitrogen and oxygen atoms in total. The number of aryl methyl sites for hydroxylation is 1. The summed E-state index contributed by atoms with van der Waals surface area (Å²) in [5.74, 6) is 0. The number of hydrogen-bond donors (Lipinski definition) is 1. The van der Waals surface area contributed by atoms with Crippen molar-refractivity contribution in [2.75, 3.05) is 6.54 Å². The van der Waals surface area contributed by atoms with Crippen LogP contribution in [0.5, 0.6) is 0 Å². The van der Waals surface area contributed by atoms with E-state index in [9.17, 15) is 0 Å². The SMILES string of the molecule is CCC(CC)n1ccc(Cn2nc(C)c(CCN)c2C)n1. The summed E-state index contributed by atoms with van der Waals surface area (Å²) < 4.78 is 4.13. The zero-order valence-corrected chi connectivity index (χ0v) is 13.6. The molecule has 0 bridgehead atoms. The first kappa shape index (κ1) is 15.8. The zero-order chi connectivity index (χ0) is 15.4. The van der Waals surface area contributed by atoms with Crippen LogP contribution < -0.4 is 5.73 Å². The fraction of sp³-hybridized carbons (Fsp3) is 0.625. The van der Waals surface area contributed by atoms with Crippen LogP contribution in [-0.4, -0.2) is 26.1 Å². The van der Waals surface area contributed by atoms with Gasteiger partial charge in [-0.05, 0) is 51.3 Å². The molecule has 2 aromatic rings. The van der Waals surface area contributed by atoms with Crippen LogP contribution in [0.1, 0.15) is 55.4 Å². The number of hydrogen-bond acceptors (Lipinski definition) is 3. The van der Waals surface area contributed by atoms with Crippen molar-refractivity contribution in [2.24, 2.45) is 5.73 Å². The second-order valence-electron chi connectivity index (χ2n) is 5.60. The van der Waals surface area contributed by atoms with E-state index in [1.807, 2.05) is 4.68 Å². The molecule has 0 radical (unpaired) electrons. The highest BCUT2D eigenvalue weighted by atomic mass is 15.3. The van der Waals surface area contributed by atoms with Crippen molar-refractivity contribution in [3.05, 3.63) is 34.9 Å². The lowest BCUT2D eigenvalue weighted by Gasteiger charge is -2.12. The predicted molar refractivity (Wildman–Crippen MR) is 85.4 cm³/mol. The Morgan fingerprint density at radius 2 is 1.90 bits per heavy atom. The van der Waals surface area contributed by atoms with Gasteiger partial charge in [0.05, 0.1) is 24.0 Å². The average molecular weight is 289 g/mol. The summed E-state index contributed by atoms with van der Waals surface area (Å²) in [5.41, 5.74) is 10.3. The summed E-state index contributed by atoms with van der Waals surface area (Å²) >= 11 is 0. The Balaban J connectivity index is 2.17. The van der Waals surface area contributed by atoms with Crippen molar-refractivity contribution in [1.29, 1.82) is 0 Å². The van der Waals surface area contributed by atoms with Crippen LogP contribution >= 0.6 is 0 Å². The van der Waals surface area contributed by atoms with Gasteiger partial charge < -0.3 is 5.73 Å². The Bertz CT molecular complexity index is 578. The van der Waals surface area contributed by atoms with Gasteiger partial charge in [0.1, 0.15) is 0 Å². The summed E-state index contributed by atoms with van der Waals surface area (Å²) in [5, 5.41) is 9.34. The van der Waals surface area contributed by atoms with Gasteiger partial charge in [-0.1, -0.05) is 13.8 Å². The molecule has 0 fully saturated rings. The summed E-state index contributed by atoms with van der Waals surface area (Å²) in [6, 6.07) is 2.59. The predicted octanol–water partition coefficient (Wildman–Crippen LogP) is 2.61. The van der Waals surface area contributed by atoms with E-state index in [1.165, 1.54) is 11.3 Å². The van der Waals surface area contributed by atoms with Gasteiger partial charge in [-0.15, -0.1) is 0 Å². The van der Waals surface area contributed by atoms with Crippen molar-refractivity contribution in [3.8, 4) is 0 Å². The normalized spacial score (nSPS) is 11.5. The molecule has 2 rings (SSSR count). The molecule has 0 unspecified atom stereocenters. The van der Waals surface area contributed by atoms with E-state index in [4.69, 9.17) is 10.8 Å². The fourth-order valence-electron chi connectivity index (χ4n) is 2.88. The average Bonchev–Trinajstić information content (AvgIpc) is 3.02. The van der Waals surface area contributed by atoms with E-state index in [1.54, 1.807) is 0 Å². The molecule has 0 saturated heterocycles. The molecule has 0 amide bonds. The van der Waals surface area contributed by atoms with Crippen LogP contribution in [-0.2, 0) is 13.0 Å². The van der Waals surface area contributed by atoms with Gasteiger partial charge in [0.25, 0.3) is 0 Å². The van der Waals surface area contributed by atoms with Crippen LogP contribution in [0, 0.1) is 13.8 Å². The van der Waals surface area contributed by atoms with E-state index in [0.717, 1.165) is 37.2 Å². The molecule has 2 aromatic heterocycles. The van der Waals surface area contributed by atoms with Crippen molar-refractivity contribution in [2.45, 2.75) is 59.5 Å². The maximum absolute atomic E-state index is 5.67. The molecule has 21 heavy (non-hydrogen) atoms. The molecule has 0 aromatic carbocycles.